The number of hydrogen-bond donors (Lipinski definition) is 1. The molecular weight excluding hydrogens is 143 g/mol. The zero-order valence-electron chi connectivity index (χ0n) is 5.53. The molecule has 0 rings (SSSR count). The molecule has 0 aliphatic rings. The van der Waals surface area contributed by atoms with Gasteiger partial charge in [-0.2, -0.15) is 0 Å². The van der Waals surface area contributed by atoms with Crippen LogP contribution in [0.15, 0.2) is 0 Å². The van der Waals surface area contributed by atoms with Crippen molar-refractivity contribution in [3.05, 3.63) is 0 Å². The lowest BCUT2D eigenvalue weighted by Gasteiger charge is -2.07. The van der Waals surface area contributed by atoms with E-state index in [0.717, 1.165) is 0 Å². The van der Waals surface area contributed by atoms with E-state index in [1.54, 1.807) is 6.92 Å². The monoisotopic (exact) mass is 154 g/mol. The fraction of sp³-hybridized carbons (Fsp3) is 1.00. The highest BCUT2D eigenvalue weighted by atomic mass is 31.2. The smallest absolute Gasteiger partial charge is 0.353 e. The lowest BCUT2D eigenvalue weighted by atomic mass is 10.9. The minimum atomic E-state index is -3.41. The van der Waals surface area contributed by atoms with E-state index in [9.17, 15) is 4.57 Å². The average Bonchev–Trinajstić information content (AvgIpc) is 1.64. The van der Waals surface area contributed by atoms with Crippen LogP contribution in [0, 0.1) is 0 Å². The second-order valence-electron chi connectivity index (χ2n) is 1.47. The fourth-order valence-corrected chi connectivity index (χ4v) is 1.21. The Kier molecular flexibility index (Phi) is 4.06. The summed E-state index contributed by atoms with van der Waals surface area (Å²) >= 11 is 0. The van der Waals surface area contributed by atoms with Gasteiger partial charge in [-0.15, -0.1) is 0 Å². The van der Waals surface area contributed by atoms with Crippen molar-refractivity contribution in [3.63, 3.8) is 0 Å². The molecular formula is C4H11O4P. The zero-order valence-corrected chi connectivity index (χ0v) is 6.43. The van der Waals surface area contributed by atoms with Gasteiger partial charge in [0.15, 0.2) is 0 Å². The van der Waals surface area contributed by atoms with Crippen LogP contribution in [0.4, 0.5) is 0 Å². The van der Waals surface area contributed by atoms with E-state index >= 15 is 0 Å². The summed E-state index contributed by atoms with van der Waals surface area (Å²) in [7, 11) is -2.07. The van der Waals surface area contributed by atoms with E-state index in [1.807, 2.05) is 0 Å². The molecule has 0 aromatic rings. The minimum absolute atomic E-state index is 0.233. The van der Waals surface area contributed by atoms with Crippen LogP contribution in [0.1, 0.15) is 6.92 Å². The molecule has 0 aromatic carbocycles. The highest BCUT2D eigenvalue weighted by Gasteiger charge is 2.16. The first kappa shape index (κ1) is 9.11. The lowest BCUT2D eigenvalue weighted by Crippen LogP contribution is -1.95. The van der Waals surface area contributed by atoms with Gasteiger partial charge < -0.3 is 14.2 Å². The summed E-state index contributed by atoms with van der Waals surface area (Å²) in [6.45, 7) is 1.88. The van der Waals surface area contributed by atoms with Crippen molar-refractivity contribution >= 4 is 7.60 Å². The van der Waals surface area contributed by atoms with Crippen molar-refractivity contribution < 1.29 is 18.7 Å². The van der Waals surface area contributed by atoms with E-state index in [2.05, 4.69) is 9.26 Å². The Morgan fingerprint density at radius 3 is 2.56 bits per heavy atom. The average molecular weight is 154 g/mol. The van der Waals surface area contributed by atoms with Crippen molar-refractivity contribution in [1.29, 1.82) is 0 Å². The Morgan fingerprint density at radius 2 is 2.22 bits per heavy atom. The molecule has 0 fully saturated rings. The third kappa shape index (κ3) is 4.60. The van der Waals surface area contributed by atoms with Gasteiger partial charge in [0, 0.05) is 7.11 Å². The summed E-state index contributed by atoms with van der Waals surface area (Å²) < 4.78 is 19.5. The van der Waals surface area contributed by atoms with Crippen LogP contribution in [-0.2, 0) is 13.8 Å². The molecule has 0 aliphatic heterocycles. The van der Waals surface area contributed by atoms with Gasteiger partial charge in [0.05, 0.1) is 6.61 Å². The molecule has 0 spiro atoms. The Bertz CT molecular complexity index is 103. The molecule has 0 amide bonds. The second-order valence-corrected chi connectivity index (χ2v) is 3.26. The molecule has 56 valence electrons. The van der Waals surface area contributed by atoms with Gasteiger partial charge in [0.1, 0.15) is 6.35 Å². The second kappa shape index (κ2) is 4.01. The zero-order chi connectivity index (χ0) is 7.33. The van der Waals surface area contributed by atoms with Crippen LogP contribution < -0.4 is 0 Å². The summed E-state index contributed by atoms with van der Waals surface area (Å²) in [4.78, 5) is 8.72. The van der Waals surface area contributed by atoms with E-state index in [1.165, 1.54) is 7.11 Å². The van der Waals surface area contributed by atoms with Gasteiger partial charge in [-0.05, 0) is 6.92 Å². The van der Waals surface area contributed by atoms with Crippen molar-refractivity contribution in [2.45, 2.75) is 6.92 Å². The molecule has 4 nitrogen and oxygen atoms in total. The molecule has 1 N–H and O–H groups in total. The van der Waals surface area contributed by atoms with Crippen LogP contribution >= 0.6 is 7.60 Å². The molecule has 0 bridgehead atoms. The lowest BCUT2D eigenvalue weighted by molar-refractivity contribution is 0.193. The molecule has 0 saturated carbocycles. The third-order valence-corrected chi connectivity index (χ3v) is 1.87. The van der Waals surface area contributed by atoms with Crippen LogP contribution in [0.5, 0.6) is 0 Å². The number of rotatable bonds is 4. The predicted molar refractivity (Wildman–Crippen MR) is 33.3 cm³/mol. The summed E-state index contributed by atoms with van der Waals surface area (Å²) in [6.07, 6.45) is -0.235. The first-order valence-corrected chi connectivity index (χ1v) is 4.34. The first-order valence-electron chi connectivity index (χ1n) is 2.57. The molecule has 0 saturated heterocycles. The van der Waals surface area contributed by atoms with E-state index in [4.69, 9.17) is 4.89 Å². The number of ether oxygens (including phenoxy) is 1. The predicted octanol–water partition coefficient (Wildman–Crippen LogP) is 0.812. The van der Waals surface area contributed by atoms with Crippen molar-refractivity contribution in [3.8, 4) is 0 Å². The third-order valence-electron chi connectivity index (χ3n) is 0.623. The van der Waals surface area contributed by atoms with Crippen LogP contribution in [0.25, 0.3) is 0 Å². The maximum atomic E-state index is 10.6. The van der Waals surface area contributed by atoms with E-state index in [0.29, 0.717) is 0 Å². The maximum absolute atomic E-state index is 10.6. The Hall–Kier alpha value is 0.110. The molecule has 1 unspecified atom stereocenters. The molecule has 0 aliphatic carbocycles. The summed E-state index contributed by atoms with van der Waals surface area (Å²) in [5.41, 5.74) is 0. The van der Waals surface area contributed by atoms with Crippen molar-refractivity contribution in [2.24, 2.45) is 0 Å². The van der Waals surface area contributed by atoms with Crippen molar-refractivity contribution in [2.75, 3.05) is 20.1 Å². The standard InChI is InChI=1S/C4H11O4P/c1-3-8-9(5,6)4-7-2/h3-4H2,1-2H3,(H,5,6). The molecule has 5 heteroatoms. The topological polar surface area (TPSA) is 55.8 Å². The summed E-state index contributed by atoms with van der Waals surface area (Å²) in [5.74, 6) is 0. The van der Waals surface area contributed by atoms with Gasteiger partial charge >= 0.3 is 7.60 Å². The van der Waals surface area contributed by atoms with Gasteiger partial charge in [0.25, 0.3) is 0 Å². The molecule has 0 aromatic heterocycles. The van der Waals surface area contributed by atoms with Gasteiger partial charge in [-0.25, -0.2) is 0 Å². The quantitative estimate of drug-likeness (QED) is 0.609. The first-order chi connectivity index (χ1) is 4.12. The molecule has 9 heavy (non-hydrogen) atoms. The van der Waals surface area contributed by atoms with Gasteiger partial charge in [0.2, 0.25) is 0 Å². The highest BCUT2D eigenvalue weighted by molar-refractivity contribution is 7.52. The van der Waals surface area contributed by atoms with Gasteiger partial charge in [-0.3, -0.25) is 4.57 Å². The van der Waals surface area contributed by atoms with Gasteiger partial charge in [-0.1, -0.05) is 0 Å². The van der Waals surface area contributed by atoms with Crippen LogP contribution in [-0.4, -0.2) is 25.0 Å². The molecule has 1 atom stereocenters. The Morgan fingerprint density at radius 1 is 1.67 bits per heavy atom. The number of methoxy groups -OCH3 is 1. The molecule has 0 heterocycles. The Labute approximate surface area is 54.3 Å². The minimum Gasteiger partial charge on any atom is -0.372 e. The summed E-state index contributed by atoms with van der Waals surface area (Å²) in [6, 6.07) is 0. The van der Waals surface area contributed by atoms with E-state index in [-0.39, 0.29) is 13.0 Å². The summed E-state index contributed by atoms with van der Waals surface area (Å²) in [5, 5.41) is 0. The maximum Gasteiger partial charge on any atom is 0.353 e. The molecule has 0 radical (unpaired) electrons. The fourth-order valence-electron chi connectivity index (χ4n) is 0.402. The largest absolute Gasteiger partial charge is 0.372 e. The highest BCUT2D eigenvalue weighted by Crippen LogP contribution is 2.40. The van der Waals surface area contributed by atoms with Crippen molar-refractivity contribution in [1.82, 2.24) is 0 Å². The Balaban J connectivity index is 3.58. The van der Waals surface area contributed by atoms with E-state index < -0.39 is 7.60 Å². The SMILES string of the molecule is CCOP(=O)(O)COC. The van der Waals surface area contributed by atoms with Crippen LogP contribution in [0.3, 0.4) is 0 Å². The number of hydrogen-bond acceptors (Lipinski definition) is 3. The van der Waals surface area contributed by atoms with Crippen LogP contribution in [0.2, 0.25) is 0 Å². The normalized spacial score (nSPS) is 17.2.